The summed E-state index contributed by atoms with van der Waals surface area (Å²) in [5.74, 6) is 2.25. The van der Waals surface area contributed by atoms with Crippen molar-refractivity contribution in [1.29, 1.82) is 0 Å². The first-order valence-corrected chi connectivity index (χ1v) is 10.3. The number of hydrogen-bond donors (Lipinski definition) is 1. The molecular weight excluding hydrogens is 360 g/mol. The van der Waals surface area contributed by atoms with Crippen molar-refractivity contribution in [2.24, 2.45) is 0 Å². The Morgan fingerprint density at radius 1 is 1.33 bits per heavy atom. The van der Waals surface area contributed by atoms with Gasteiger partial charge in [0.05, 0.1) is 5.56 Å². The second-order valence-corrected chi connectivity index (χ2v) is 7.87. The molecule has 0 bridgehead atoms. The molecule has 8 heteroatoms. The van der Waals surface area contributed by atoms with Crippen LogP contribution in [0.15, 0.2) is 17.6 Å². The molecule has 1 saturated heterocycles. The second-order valence-electron chi connectivity index (χ2n) is 7.00. The number of hydrogen-bond acceptors (Lipinski definition) is 5. The molecule has 0 saturated carbocycles. The lowest BCUT2D eigenvalue weighted by Crippen LogP contribution is -2.38. The lowest BCUT2D eigenvalue weighted by molar-refractivity contribution is 0.0710. The number of carbonyl (C=O) groups is 1. The van der Waals surface area contributed by atoms with Gasteiger partial charge in [-0.1, -0.05) is 6.92 Å². The van der Waals surface area contributed by atoms with E-state index in [1.807, 2.05) is 30.2 Å². The molecule has 0 atom stereocenters. The molecule has 0 radical (unpaired) electrons. The van der Waals surface area contributed by atoms with Crippen LogP contribution in [-0.2, 0) is 6.42 Å². The van der Waals surface area contributed by atoms with Crippen LogP contribution in [0.25, 0.3) is 5.13 Å². The monoisotopic (exact) mass is 384 g/mol. The highest BCUT2D eigenvalue weighted by molar-refractivity contribution is 7.12. The number of amides is 1. The highest BCUT2D eigenvalue weighted by Crippen LogP contribution is 2.28. The van der Waals surface area contributed by atoms with Crippen LogP contribution in [0.4, 0.5) is 0 Å². The van der Waals surface area contributed by atoms with Crippen LogP contribution in [0.2, 0.25) is 0 Å². The third kappa shape index (κ3) is 3.29. The van der Waals surface area contributed by atoms with E-state index in [9.17, 15) is 4.79 Å². The molecule has 0 spiro atoms. The molecule has 0 aromatic carbocycles. The van der Waals surface area contributed by atoms with Crippen molar-refractivity contribution >= 4 is 17.2 Å². The van der Waals surface area contributed by atoms with Crippen molar-refractivity contribution in [1.82, 2.24) is 29.6 Å². The van der Waals surface area contributed by atoms with Gasteiger partial charge in [0.1, 0.15) is 5.82 Å². The van der Waals surface area contributed by atoms with Crippen molar-refractivity contribution in [2.45, 2.75) is 46.0 Å². The zero-order chi connectivity index (χ0) is 19.0. The lowest BCUT2D eigenvalue weighted by Gasteiger charge is -2.30. The summed E-state index contributed by atoms with van der Waals surface area (Å²) in [6, 6.07) is 1.98. The number of thiazole rings is 1. The number of rotatable bonds is 4. The number of aromatic amines is 1. The van der Waals surface area contributed by atoms with Crippen LogP contribution in [0.1, 0.15) is 59.1 Å². The summed E-state index contributed by atoms with van der Waals surface area (Å²) in [6.07, 6.45) is 4.45. The molecule has 1 N–H and O–H groups in total. The second kappa shape index (κ2) is 7.26. The maximum atomic E-state index is 13.1. The summed E-state index contributed by atoms with van der Waals surface area (Å²) in [4.78, 5) is 24.0. The summed E-state index contributed by atoms with van der Waals surface area (Å²) in [5, 5.41) is 10.2. The molecule has 1 aliphatic heterocycles. The quantitative estimate of drug-likeness (QED) is 0.749. The Hall–Kier alpha value is -2.48. The highest BCUT2D eigenvalue weighted by atomic mass is 32.1. The maximum absolute atomic E-state index is 13.1. The third-order valence-corrected chi connectivity index (χ3v) is 6.06. The summed E-state index contributed by atoms with van der Waals surface area (Å²) in [6.45, 7) is 7.55. The minimum Gasteiger partial charge on any atom is -0.339 e. The molecule has 1 aliphatic rings. The average Bonchev–Trinajstić information content (AvgIpc) is 3.42. The van der Waals surface area contributed by atoms with Gasteiger partial charge in [-0.15, -0.1) is 11.3 Å². The number of carbonyl (C=O) groups excluding carboxylic acids is 1. The van der Waals surface area contributed by atoms with Crippen molar-refractivity contribution in [3.05, 3.63) is 46.2 Å². The van der Waals surface area contributed by atoms with E-state index in [0.29, 0.717) is 5.92 Å². The van der Waals surface area contributed by atoms with Crippen LogP contribution in [-0.4, -0.2) is 48.6 Å². The zero-order valence-electron chi connectivity index (χ0n) is 15.9. The Balaban J connectivity index is 1.48. The molecule has 3 aromatic heterocycles. The average molecular weight is 385 g/mol. The van der Waals surface area contributed by atoms with E-state index in [0.717, 1.165) is 66.1 Å². The van der Waals surface area contributed by atoms with Gasteiger partial charge in [0, 0.05) is 48.4 Å². The molecule has 4 heterocycles. The fourth-order valence-corrected chi connectivity index (χ4v) is 4.51. The topological polar surface area (TPSA) is 79.7 Å². The van der Waals surface area contributed by atoms with Gasteiger partial charge in [0.2, 0.25) is 0 Å². The molecule has 0 unspecified atom stereocenters. The summed E-state index contributed by atoms with van der Waals surface area (Å²) in [7, 11) is 0. The van der Waals surface area contributed by atoms with E-state index in [-0.39, 0.29) is 5.91 Å². The van der Waals surface area contributed by atoms with Gasteiger partial charge in [-0.05, 0) is 32.8 Å². The van der Waals surface area contributed by atoms with Gasteiger partial charge in [-0.2, -0.15) is 5.10 Å². The molecule has 142 valence electrons. The van der Waals surface area contributed by atoms with Crippen LogP contribution < -0.4 is 0 Å². The summed E-state index contributed by atoms with van der Waals surface area (Å²) in [5.41, 5.74) is 2.76. The number of aromatic nitrogens is 5. The molecule has 3 aromatic rings. The molecular formula is C19H24N6OS. The molecule has 1 amide bonds. The van der Waals surface area contributed by atoms with Gasteiger partial charge in [0.25, 0.3) is 5.91 Å². The van der Waals surface area contributed by atoms with E-state index in [4.69, 9.17) is 0 Å². The summed E-state index contributed by atoms with van der Waals surface area (Å²) < 4.78 is 2.06. The molecule has 1 fully saturated rings. The SMILES string of the molecule is CCc1nc(C2CCN(C(=O)c3cc(C)n(-c4nccs4)c3C)CC2)n[nH]1. The van der Waals surface area contributed by atoms with Crippen molar-refractivity contribution in [3.63, 3.8) is 0 Å². The Bertz CT molecular complexity index is 934. The van der Waals surface area contributed by atoms with Crippen LogP contribution in [0.3, 0.4) is 0 Å². The van der Waals surface area contributed by atoms with Crippen molar-refractivity contribution < 1.29 is 4.79 Å². The van der Waals surface area contributed by atoms with Crippen molar-refractivity contribution in [2.75, 3.05) is 13.1 Å². The highest BCUT2D eigenvalue weighted by Gasteiger charge is 2.28. The predicted octanol–water partition coefficient (Wildman–Crippen LogP) is 3.25. The van der Waals surface area contributed by atoms with Crippen molar-refractivity contribution in [3.8, 4) is 5.13 Å². The van der Waals surface area contributed by atoms with E-state index >= 15 is 0 Å². The van der Waals surface area contributed by atoms with Crippen LogP contribution in [0.5, 0.6) is 0 Å². The Morgan fingerprint density at radius 2 is 2.11 bits per heavy atom. The van der Waals surface area contributed by atoms with Gasteiger partial charge in [-0.25, -0.2) is 9.97 Å². The number of likely N-dealkylation sites (tertiary alicyclic amines) is 1. The first kappa shape index (κ1) is 17.9. The lowest BCUT2D eigenvalue weighted by atomic mass is 9.95. The molecule has 0 aliphatic carbocycles. The van der Waals surface area contributed by atoms with E-state index < -0.39 is 0 Å². The van der Waals surface area contributed by atoms with E-state index in [1.165, 1.54) is 0 Å². The smallest absolute Gasteiger partial charge is 0.255 e. The Labute approximate surface area is 162 Å². The predicted molar refractivity (Wildman–Crippen MR) is 105 cm³/mol. The first-order chi connectivity index (χ1) is 13.1. The van der Waals surface area contributed by atoms with Crippen LogP contribution in [0, 0.1) is 13.8 Å². The number of H-pyrrole nitrogens is 1. The minimum absolute atomic E-state index is 0.105. The standard InChI is InChI=1S/C19H24N6OS/c1-4-16-21-17(23-22-16)14-5-8-24(9-6-14)18(26)15-11-12(2)25(13(15)3)19-20-7-10-27-19/h7,10-11,14H,4-6,8-9H2,1-3H3,(H,21,22,23). The minimum atomic E-state index is 0.105. The van der Waals surface area contributed by atoms with E-state index in [1.54, 1.807) is 17.5 Å². The number of nitrogens with zero attached hydrogens (tertiary/aromatic N) is 5. The third-order valence-electron chi connectivity index (χ3n) is 5.30. The molecule has 7 nitrogen and oxygen atoms in total. The van der Waals surface area contributed by atoms with E-state index in [2.05, 4.69) is 31.7 Å². The van der Waals surface area contributed by atoms with Gasteiger partial charge in [-0.3, -0.25) is 14.5 Å². The Kier molecular flexibility index (Phi) is 4.82. The van der Waals surface area contributed by atoms with Gasteiger partial charge < -0.3 is 4.90 Å². The van der Waals surface area contributed by atoms with Gasteiger partial charge >= 0.3 is 0 Å². The Morgan fingerprint density at radius 3 is 2.74 bits per heavy atom. The van der Waals surface area contributed by atoms with Gasteiger partial charge in [0.15, 0.2) is 11.0 Å². The van der Waals surface area contributed by atoms with Crippen LogP contribution >= 0.6 is 11.3 Å². The number of nitrogens with one attached hydrogen (secondary N) is 1. The number of piperidine rings is 1. The largest absolute Gasteiger partial charge is 0.339 e. The molecule has 4 rings (SSSR count). The maximum Gasteiger partial charge on any atom is 0.255 e. The normalized spacial score (nSPS) is 15.4. The zero-order valence-corrected chi connectivity index (χ0v) is 16.7. The summed E-state index contributed by atoms with van der Waals surface area (Å²) >= 11 is 1.58. The molecule has 27 heavy (non-hydrogen) atoms. The fourth-order valence-electron chi connectivity index (χ4n) is 3.76. The number of aryl methyl sites for hydroxylation is 2. The first-order valence-electron chi connectivity index (χ1n) is 9.37. The fraction of sp³-hybridized carbons (Fsp3) is 0.474.